The van der Waals surface area contributed by atoms with Gasteiger partial charge in [-0.25, -0.2) is 0 Å². The summed E-state index contributed by atoms with van der Waals surface area (Å²) in [5.74, 6) is -0.267. The summed E-state index contributed by atoms with van der Waals surface area (Å²) in [7, 11) is 0. The molecule has 1 atom stereocenters. The molecule has 5 rings (SSSR count). The molecule has 2 aromatic heterocycles. The van der Waals surface area contributed by atoms with Crippen LogP contribution in [-0.4, -0.2) is 38.1 Å². The number of amides is 1. The van der Waals surface area contributed by atoms with Crippen LogP contribution in [0.2, 0.25) is 0 Å². The normalized spacial score (nSPS) is 19.1. The highest BCUT2D eigenvalue weighted by Gasteiger charge is 2.55. The Balaban J connectivity index is 1.35. The van der Waals surface area contributed by atoms with Crippen LogP contribution in [0.15, 0.2) is 66.6 Å². The van der Waals surface area contributed by atoms with E-state index in [1.165, 1.54) is 4.90 Å². The number of anilines is 2. The third-order valence-electron chi connectivity index (χ3n) is 5.19. The molecule has 0 saturated heterocycles. The second-order valence-corrected chi connectivity index (χ2v) is 7.17. The number of nitrogens with zero attached hydrogens (tertiary/aromatic N) is 4. The standard InChI is InChI=1S/C21H17N7O/c22-13-28-11-14-9-21(14,12-28)25-20(29)19-8-18(26-27-19)16-10-23-7-6-17(16)24-15-4-2-1-3-5-15/h1-8,10-11H,9,12H2,(H,23,24)(H,25,29)(H,26,27)/t21-/m0/s1. The topological polar surface area (TPSA) is 110 Å². The molecular weight excluding hydrogens is 366 g/mol. The lowest BCUT2D eigenvalue weighted by Gasteiger charge is -2.15. The minimum atomic E-state index is -0.416. The van der Waals surface area contributed by atoms with E-state index in [4.69, 9.17) is 5.26 Å². The number of fused-ring (bicyclic) bond motifs is 1. The summed E-state index contributed by atoms with van der Waals surface area (Å²) in [6, 6.07) is 13.4. The Hall–Kier alpha value is -4.12. The molecule has 2 aliphatic rings. The zero-order valence-electron chi connectivity index (χ0n) is 15.4. The summed E-state index contributed by atoms with van der Waals surface area (Å²) in [4.78, 5) is 18.4. The van der Waals surface area contributed by atoms with Crippen LogP contribution >= 0.6 is 0 Å². The van der Waals surface area contributed by atoms with Crippen LogP contribution in [0.3, 0.4) is 0 Å². The average molecular weight is 383 g/mol. The quantitative estimate of drug-likeness (QED) is 0.585. The molecule has 0 unspecified atom stereocenters. The monoisotopic (exact) mass is 383 g/mol. The molecule has 0 radical (unpaired) electrons. The van der Waals surface area contributed by atoms with Gasteiger partial charge in [-0.1, -0.05) is 18.2 Å². The van der Waals surface area contributed by atoms with Crippen LogP contribution in [0.1, 0.15) is 16.9 Å². The fourth-order valence-electron chi connectivity index (χ4n) is 3.61. The van der Waals surface area contributed by atoms with E-state index in [9.17, 15) is 4.79 Å². The number of nitriles is 1. The summed E-state index contributed by atoms with van der Waals surface area (Å²) in [6.45, 7) is 0.482. The average Bonchev–Trinajstić information content (AvgIpc) is 3.10. The lowest BCUT2D eigenvalue weighted by atomic mass is 10.1. The van der Waals surface area contributed by atoms with Gasteiger partial charge in [0.05, 0.1) is 23.5 Å². The fourth-order valence-corrected chi connectivity index (χ4v) is 3.61. The van der Waals surface area contributed by atoms with Gasteiger partial charge in [0.15, 0.2) is 11.9 Å². The molecule has 0 spiro atoms. The first kappa shape index (κ1) is 17.0. The molecule has 3 heterocycles. The van der Waals surface area contributed by atoms with Crippen LogP contribution in [0, 0.1) is 11.5 Å². The largest absolute Gasteiger partial charge is 0.355 e. The van der Waals surface area contributed by atoms with Crippen LogP contribution in [-0.2, 0) is 0 Å². The predicted octanol–water partition coefficient (Wildman–Crippen LogP) is 2.77. The number of para-hydroxylation sites is 1. The number of aromatic amines is 1. The van der Waals surface area contributed by atoms with E-state index in [-0.39, 0.29) is 5.91 Å². The highest BCUT2D eigenvalue weighted by atomic mass is 16.2. The van der Waals surface area contributed by atoms with Crippen LogP contribution in [0.4, 0.5) is 11.4 Å². The Bertz CT molecular complexity index is 1160. The molecule has 8 nitrogen and oxygen atoms in total. The van der Waals surface area contributed by atoms with Gasteiger partial charge in [0.1, 0.15) is 0 Å². The zero-order valence-corrected chi connectivity index (χ0v) is 15.4. The Morgan fingerprint density at radius 2 is 2.14 bits per heavy atom. The van der Waals surface area contributed by atoms with Crippen LogP contribution in [0.25, 0.3) is 11.3 Å². The van der Waals surface area contributed by atoms with Crippen LogP contribution in [0.5, 0.6) is 0 Å². The lowest BCUT2D eigenvalue weighted by Crippen LogP contribution is -2.41. The van der Waals surface area contributed by atoms with Crippen molar-refractivity contribution in [2.75, 3.05) is 11.9 Å². The van der Waals surface area contributed by atoms with Crippen molar-refractivity contribution in [1.82, 2.24) is 25.4 Å². The fraction of sp³-hybridized carbons (Fsp3) is 0.143. The number of H-pyrrole nitrogens is 1. The molecule has 1 fully saturated rings. The van der Waals surface area contributed by atoms with E-state index in [2.05, 4.69) is 32.0 Å². The van der Waals surface area contributed by atoms with Crippen molar-refractivity contribution in [3.05, 3.63) is 72.3 Å². The number of benzene rings is 1. The van der Waals surface area contributed by atoms with Gasteiger partial charge in [-0.05, 0) is 29.8 Å². The van der Waals surface area contributed by atoms with E-state index < -0.39 is 5.54 Å². The first-order chi connectivity index (χ1) is 14.2. The molecule has 29 heavy (non-hydrogen) atoms. The molecule has 142 valence electrons. The van der Waals surface area contributed by atoms with E-state index >= 15 is 0 Å². The van der Waals surface area contributed by atoms with E-state index in [0.717, 1.165) is 28.9 Å². The molecular formula is C21H17N7O. The maximum Gasteiger partial charge on any atom is 0.272 e. The van der Waals surface area contributed by atoms with Gasteiger partial charge in [0, 0.05) is 36.3 Å². The van der Waals surface area contributed by atoms with Gasteiger partial charge in [-0.15, -0.1) is 0 Å². The minimum Gasteiger partial charge on any atom is -0.355 e. The minimum absolute atomic E-state index is 0.267. The predicted molar refractivity (Wildman–Crippen MR) is 107 cm³/mol. The number of rotatable bonds is 5. The van der Waals surface area contributed by atoms with Crippen molar-refractivity contribution in [3.63, 3.8) is 0 Å². The number of aromatic nitrogens is 3. The van der Waals surface area contributed by atoms with Crippen molar-refractivity contribution in [3.8, 4) is 17.5 Å². The molecule has 1 amide bonds. The van der Waals surface area contributed by atoms with E-state index in [1.54, 1.807) is 24.7 Å². The number of pyridine rings is 1. The van der Waals surface area contributed by atoms with Crippen molar-refractivity contribution >= 4 is 17.3 Å². The summed E-state index contributed by atoms with van der Waals surface area (Å²) in [6.07, 6.45) is 8.10. The van der Waals surface area contributed by atoms with Gasteiger partial charge in [0.25, 0.3) is 5.91 Å². The second-order valence-electron chi connectivity index (χ2n) is 7.17. The van der Waals surface area contributed by atoms with E-state index in [1.807, 2.05) is 36.4 Å². The second kappa shape index (κ2) is 6.49. The molecule has 1 aliphatic carbocycles. The Morgan fingerprint density at radius 3 is 2.93 bits per heavy atom. The van der Waals surface area contributed by atoms with Crippen LogP contribution < -0.4 is 10.6 Å². The molecule has 1 aliphatic heterocycles. The molecule has 3 N–H and O–H groups in total. The zero-order chi connectivity index (χ0) is 19.8. The third-order valence-corrected chi connectivity index (χ3v) is 5.19. The Kier molecular flexibility index (Phi) is 3.81. The Labute approximate surface area is 166 Å². The Morgan fingerprint density at radius 1 is 1.28 bits per heavy atom. The van der Waals surface area contributed by atoms with E-state index in [0.29, 0.717) is 17.9 Å². The van der Waals surface area contributed by atoms with Gasteiger partial charge >= 0.3 is 0 Å². The molecule has 8 heteroatoms. The third kappa shape index (κ3) is 3.08. The van der Waals surface area contributed by atoms with Gasteiger partial charge < -0.3 is 10.6 Å². The van der Waals surface area contributed by atoms with Crippen molar-refractivity contribution in [2.24, 2.45) is 0 Å². The number of hydrogen-bond acceptors (Lipinski definition) is 6. The SMILES string of the molecule is N#CN1C=C2C[C@]2(NC(=O)c2cc(-c3cnccc3Nc3ccccc3)[nH]n2)C1. The van der Waals surface area contributed by atoms with Gasteiger partial charge in [0.2, 0.25) is 0 Å². The summed E-state index contributed by atoms with van der Waals surface area (Å²) in [5, 5.41) is 22.5. The van der Waals surface area contributed by atoms with Crippen molar-refractivity contribution < 1.29 is 4.79 Å². The van der Waals surface area contributed by atoms with Crippen molar-refractivity contribution in [2.45, 2.75) is 12.0 Å². The smallest absolute Gasteiger partial charge is 0.272 e. The number of hydrogen-bond donors (Lipinski definition) is 3. The molecule has 1 saturated carbocycles. The molecule has 0 bridgehead atoms. The van der Waals surface area contributed by atoms with Gasteiger partial charge in [-0.2, -0.15) is 10.4 Å². The highest BCUT2D eigenvalue weighted by Crippen LogP contribution is 2.48. The maximum atomic E-state index is 12.7. The first-order valence-corrected chi connectivity index (χ1v) is 9.19. The summed E-state index contributed by atoms with van der Waals surface area (Å²) >= 11 is 0. The maximum absolute atomic E-state index is 12.7. The number of nitrogens with one attached hydrogen (secondary N) is 3. The molecule has 3 aromatic rings. The molecule has 1 aromatic carbocycles. The number of carbonyl (C=O) groups is 1. The van der Waals surface area contributed by atoms with Crippen molar-refractivity contribution in [1.29, 1.82) is 5.26 Å². The summed E-state index contributed by atoms with van der Waals surface area (Å²) in [5.41, 5.74) is 4.26. The van der Waals surface area contributed by atoms with Gasteiger partial charge in [-0.3, -0.25) is 19.8 Å². The first-order valence-electron chi connectivity index (χ1n) is 9.19. The highest BCUT2D eigenvalue weighted by molar-refractivity contribution is 5.95. The number of carbonyl (C=O) groups excluding carboxylic acids is 1. The summed E-state index contributed by atoms with van der Waals surface area (Å²) < 4.78 is 0. The lowest BCUT2D eigenvalue weighted by molar-refractivity contribution is 0.0927.